The fourth-order valence-electron chi connectivity index (χ4n) is 5.56. The van der Waals surface area contributed by atoms with Gasteiger partial charge in [0, 0.05) is 18.5 Å². The van der Waals surface area contributed by atoms with Crippen molar-refractivity contribution in [3.8, 4) is 11.1 Å². The Balaban J connectivity index is 1.33. The molecule has 5 rings (SSSR count). The van der Waals surface area contributed by atoms with E-state index in [0.717, 1.165) is 42.4 Å². The molecule has 7 heteroatoms. The molecule has 0 bridgehead atoms. The third-order valence-electron chi connectivity index (χ3n) is 7.18. The standard InChI is InChI=1S/C25H28FN3O3/c26-19-5-3-4-18(12-19)16-8-10-17(11-9-16)24-21-13-28(14-23(31)29(21)22(24)15-30)25(32)27-20-6-1-2-7-20/h3-5,8-12,20-22,24,30H,1-2,6-7,13-15H2,(H,27,32)/t21-,22+,24-/m0/s1. The van der Waals surface area contributed by atoms with Gasteiger partial charge < -0.3 is 20.2 Å². The monoisotopic (exact) mass is 437 g/mol. The maximum absolute atomic E-state index is 13.6. The van der Waals surface area contributed by atoms with Gasteiger partial charge in [-0.3, -0.25) is 4.79 Å². The molecule has 6 nitrogen and oxygen atoms in total. The third-order valence-corrected chi connectivity index (χ3v) is 7.18. The first-order valence-electron chi connectivity index (χ1n) is 11.4. The molecule has 2 aromatic carbocycles. The van der Waals surface area contributed by atoms with Crippen molar-refractivity contribution in [1.82, 2.24) is 15.1 Å². The van der Waals surface area contributed by atoms with Crippen LogP contribution in [0, 0.1) is 5.82 Å². The van der Waals surface area contributed by atoms with Crippen LogP contribution < -0.4 is 5.32 Å². The van der Waals surface area contributed by atoms with Crippen LogP contribution >= 0.6 is 0 Å². The number of carbonyl (C=O) groups is 2. The smallest absolute Gasteiger partial charge is 0.318 e. The Hall–Kier alpha value is -2.93. The number of amides is 3. The zero-order valence-corrected chi connectivity index (χ0v) is 17.9. The summed E-state index contributed by atoms with van der Waals surface area (Å²) in [5.74, 6) is -0.444. The Morgan fingerprint density at radius 3 is 2.53 bits per heavy atom. The van der Waals surface area contributed by atoms with E-state index in [1.807, 2.05) is 30.3 Å². The van der Waals surface area contributed by atoms with E-state index < -0.39 is 0 Å². The summed E-state index contributed by atoms with van der Waals surface area (Å²) in [4.78, 5) is 28.9. The highest BCUT2D eigenvalue weighted by molar-refractivity contribution is 5.87. The van der Waals surface area contributed by atoms with Gasteiger partial charge in [0.05, 0.1) is 18.7 Å². The van der Waals surface area contributed by atoms with E-state index in [1.165, 1.54) is 12.1 Å². The molecule has 0 radical (unpaired) electrons. The Labute approximate surface area is 187 Å². The number of nitrogens with zero attached hydrogens (tertiary/aromatic N) is 2. The zero-order valence-electron chi connectivity index (χ0n) is 17.9. The molecule has 168 valence electrons. The van der Waals surface area contributed by atoms with Crippen molar-refractivity contribution in [2.45, 2.75) is 49.7 Å². The van der Waals surface area contributed by atoms with Crippen molar-refractivity contribution < 1.29 is 19.1 Å². The van der Waals surface area contributed by atoms with Crippen LogP contribution in [0.15, 0.2) is 48.5 Å². The average molecular weight is 438 g/mol. The van der Waals surface area contributed by atoms with Gasteiger partial charge in [0.25, 0.3) is 0 Å². The van der Waals surface area contributed by atoms with E-state index in [9.17, 15) is 19.1 Å². The molecule has 2 N–H and O–H groups in total. The van der Waals surface area contributed by atoms with Gasteiger partial charge in [-0.15, -0.1) is 0 Å². The number of hydrogen-bond acceptors (Lipinski definition) is 3. The molecule has 32 heavy (non-hydrogen) atoms. The van der Waals surface area contributed by atoms with E-state index in [0.29, 0.717) is 6.54 Å². The van der Waals surface area contributed by atoms with Crippen molar-refractivity contribution in [1.29, 1.82) is 0 Å². The summed E-state index contributed by atoms with van der Waals surface area (Å²) in [5.41, 5.74) is 2.71. The van der Waals surface area contributed by atoms with E-state index >= 15 is 0 Å². The van der Waals surface area contributed by atoms with Gasteiger partial charge >= 0.3 is 6.03 Å². The van der Waals surface area contributed by atoms with Crippen LogP contribution in [0.4, 0.5) is 9.18 Å². The van der Waals surface area contributed by atoms with Crippen molar-refractivity contribution in [2.75, 3.05) is 19.7 Å². The second-order valence-electron chi connectivity index (χ2n) is 9.09. The molecule has 2 aromatic rings. The van der Waals surface area contributed by atoms with Gasteiger partial charge in [0.15, 0.2) is 0 Å². The number of carbonyl (C=O) groups excluding carboxylic acids is 2. The van der Waals surface area contributed by atoms with Crippen LogP contribution in [0.2, 0.25) is 0 Å². The average Bonchev–Trinajstić information content (AvgIpc) is 3.28. The molecule has 1 saturated carbocycles. The Morgan fingerprint density at radius 2 is 1.84 bits per heavy atom. The molecule has 3 fully saturated rings. The summed E-state index contributed by atoms with van der Waals surface area (Å²) in [6.07, 6.45) is 4.25. The largest absolute Gasteiger partial charge is 0.394 e. The number of hydrogen-bond donors (Lipinski definition) is 2. The third kappa shape index (κ3) is 3.75. The fourth-order valence-corrected chi connectivity index (χ4v) is 5.56. The Morgan fingerprint density at radius 1 is 1.09 bits per heavy atom. The molecule has 3 amide bonds. The maximum Gasteiger partial charge on any atom is 0.318 e. The Kier molecular flexibility index (Phi) is 5.59. The Bertz CT molecular complexity index is 1010. The molecule has 2 aliphatic heterocycles. The highest BCUT2D eigenvalue weighted by Gasteiger charge is 2.54. The molecule has 0 aromatic heterocycles. The minimum Gasteiger partial charge on any atom is -0.394 e. The van der Waals surface area contributed by atoms with Gasteiger partial charge in [0.1, 0.15) is 12.4 Å². The number of fused-ring (bicyclic) bond motifs is 1. The molecular formula is C25H28FN3O3. The van der Waals surface area contributed by atoms with Crippen LogP contribution in [0.25, 0.3) is 11.1 Å². The van der Waals surface area contributed by atoms with Crippen LogP contribution in [0.5, 0.6) is 0 Å². The molecule has 2 heterocycles. The first-order chi connectivity index (χ1) is 15.5. The summed E-state index contributed by atoms with van der Waals surface area (Å²) >= 11 is 0. The van der Waals surface area contributed by atoms with E-state index in [2.05, 4.69) is 5.32 Å². The second kappa shape index (κ2) is 8.54. The summed E-state index contributed by atoms with van der Waals surface area (Å²) in [6.45, 7) is 0.390. The molecule has 1 aliphatic carbocycles. The van der Waals surface area contributed by atoms with Crippen LogP contribution in [0.1, 0.15) is 37.2 Å². The summed E-state index contributed by atoms with van der Waals surface area (Å²) in [6, 6.07) is 13.9. The number of urea groups is 1. The number of nitrogens with one attached hydrogen (secondary N) is 1. The number of benzene rings is 2. The molecule has 3 atom stereocenters. The van der Waals surface area contributed by atoms with Gasteiger partial charge in [-0.2, -0.15) is 0 Å². The van der Waals surface area contributed by atoms with E-state index in [-0.39, 0.29) is 55.0 Å². The lowest BCUT2D eigenvalue weighted by Crippen LogP contribution is -2.74. The summed E-state index contributed by atoms with van der Waals surface area (Å²) < 4.78 is 13.6. The van der Waals surface area contributed by atoms with Gasteiger partial charge in [-0.05, 0) is 41.7 Å². The lowest BCUT2D eigenvalue weighted by atomic mass is 9.73. The number of rotatable bonds is 4. The molecule has 3 aliphatic rings. The van der Waals surface area contributed by atoms with E-state index in [4.69, 9.17) is 0 Å². The SMILES string of the molecule is O=C(NC1CCCC1)N1CC(=O)N2[C@H](CO)[C@@H](c3ccc(-c4cccc(F)c4)cc3)[C@@H]2C1. The first-order valence-corrected chi connectivity index (χ1v) is 11.4. The number of halogens is 1. The van der Waals surface area contributed by atoms with E-state index in [1.54, 1.807) is 15.9 Å². The molecular weight excluding hydrogens is 409 g/mol. The van der Waals surface area contributed by atoms with Crippen molar-refractivity contribution in [3.63, 3.8) is 0 Å². The van der Waals surface area contributed by atoms with Crippen LogP contribution in [-0.4, -0.2) is 64.7 Å². The minimum atomic E-state index is -0.285. The zero-order chi connectivity index (χ0) is 22.2. The quantitative estimate of drug-likeness (QED) is 0.772. The van der Waals surface area contributed by atoms with Crippen LogP contribution in [-0.2, 0) is 4.79 Å². The first kappa shape index (κ1) is 20.9. The van der Waals surface area contributed by atoms with Gasteiger partial charge in [-0.25, -0.2) is 9.18 Å². The lowest BCUT2D eigenvalue weighted by molar-refractivity contribution is -0.159. The van der Waals surface area contributed by atoms with Crippen molar-refractivity contribution >= 4 is 11.9 Å². The van der Waals surface area contributed by atoms with Gasteiger partial charge in [0.2, 0.25) is 5.91 Å². The molecule has 2 saturated heterocycles. The van der Waals surface area contributed by atoms with Crippen molar-refractivity contribution in [3.05, 3.63) is 59.9 Å². The highest BCUT2D eigenvalue weighted by Crippen LogP contribution is 2.43. The predicted octanol–water partition coefficient (Wildman–Crippen LogP) is 3.12. The highest BCUT2D eigenvalue weighted by atomic mass is 19.1. The number of aliphatic hydroxyl groups excluding tert-OH is 1. The van der Waals surface area contributed by atoms with Gasteiger partial charge in [-0.1, -0.05) is 49.2 Å². The topological polar surface area (TPSA) is 72.9 Å². The summed E-state index contributed by atoms with van der Waals surface area (Å²) in [7, 11) is 0. The maximum atomic E-state index is 13.6. The summed E-state index contributed by atoms with van der Waals surface area (Å²) in [5, 5.41) is 13.0. The second-order valence-corrected chi connectivity index (χ2v) is 9.09. The predicted molar refractivity (Wildman–Crippen MR) is 118 cm³/mol. The fraction of sp³-hybridized carbons (Fsp3) is 0.440. The lowest BCUT2D eigenvalue weighted by Gasteiger charge is -2.58. The minimum absolute atomic E-state index is 0.0485. The normalized spacial score (nSPS) is 25.4. The number of aliphatic hydroxyl groups is 1. The van der Waals surface area contributed by atoms with Crippen LogP contribution in [0.3, 0.4) is 0 Å². The molecule has 0 spiro atoms. The van der Waals surface area contributed by atoms with Crippen molar-refractivity contribution in [2.24, 2.45) is 0 Å². The number of piperazine rings is 1. The molecule has 0 unspecified atom stereocenters.